The Morgan fingerprint density at radius 2 is 1.93 bits per heavy atom. The van der Waals surface area contributed by atoms with Gasteiger partial charge in [0.2, 0.25) is 0 Å². The van der Waals surface area contributed by atoms with E-state index >= 15 is 0 Å². The summed E-state index contributed by atoms with van der Waals surface area (Å²) < 4.78 is 5.36. The quantitative estimate of drug-likeness (QED) is 0.537. The smallest absolute Gasteiger partial charge is 0.271 e. The molecule has 0 radical (unpaired) electrons. The fraction of sp³-hybridized carbons (Fsp3) is 0.455. The van der Waals surface area contributed by atoms with Crippen LogP contribution in [-0.2, 0) is 6.42 Å². The van der Waals surface area contributed by atoms with Crippen LogP contribution in [0.2, 0.25) is 0 Å². The Morgan fingerprint density at radius 1 is 1.21 bits per heavy atom. The number of nitrogens with zero attached hydrogens (tertiary/aromatic N) is 2. The van der Waals surface area contributed by atoms with Gasteiger partial charge in [-0.1, -0.05) is 30.3 Å². The summed E-state index contributed by atoms with van der Waals surface area (Å²) in [6, 6.07) is 16.2. The van der Waals surface area contributed by atoms with Gasteiger partial charge in [-0.15, -0.1) is 0 Å². The summed E-state index contributed by atoms with van der Waals surface area (Å²) in [7, 11) is 1.59. The predicted molar refractivity (Wildman–Crippen MR) is 112 cm³/mol. The van der Waals surface area contributed by atoms with Crippen molar-refractivity contribution in [2.75, 3.05) is 25.5 Å². The minimum absolute atomic E-state index is 0.0790. The molecule has 3 rings (SSSR count). The lowest BCUT2D eigenvalue weighted by Crippen LogP contribution is -2.43. The number of anilines is 1. The fourth-order valence-electron chi connectivity index (χ4n) is 3.83. The predicted octanol–water partition coefficient (Wildman–Crippen LogP) is 4.50. The molecule has 0 spiro atoms. The van der Waals surface area contributed by atoms with E-state index in [4.69, 9.17) is 4.74 Å². The molecular weight excluding hydrogens is 354 g/mol. The number of methoxy groups -OCH3 is 1. The fourth-order valence-corrected chi connectivity index (χ4v) is 3.83. The normalized spacial score (nSPS) is 16.5. The second-order valence-electron chi connectivity index (χ2n) is 7.47. The van der Waals surface area contributed by atoms with Gasteiger partial charge in [0.25, 0.3) is 5.69 Å². The standard InChI is InChI=1S/C22H29N3O3/c1-17(8-9-18-6-4-3-5-7-18)24-14-12-19(13-15-24)23-21-16-20(25(26)27)10-11-22(21)28-2/h3-7,10-11,16-17,19,23H,8-9,12-15H2,1-2H3. The minimum Gasteiger partial charge on any atom is -0.495 e. The number of nitrogens with one attached hydrogen (secondary N) is 1. The second-order valence-corrected chi connectivity index (χ2v) is 7.47. The molecule has 0 saturated carbocycles. The molecular formula is C22H29N3O3. The first-order chi connectivity index (χ1) is 13.6. The van der Waals surface area contributed by atoms with Crippen molar-refractivity contribution in [3.63, 3.8) is 0 Å². The lowest BCUT2D eigenvalue weighted by Gasteiger charge is -2.36. The molecule has 1 aliphatic rings. The van der Waals surface area contributed by atoms with Gasteiger partial charge >= 0.3 is 0 Å². The monoisotopic (exact) mass is 383 g/mol. The molecule has 1 N–H and O–H groups in total. The van der Waals surface area contributed by atoms with E-state index in [-0.39, 0.29) is 10.6 Å². The third-order valence-electron chi connectivity index (χ3n) is 5.60. The number of aryl methyl sites for hydroxylation is 1. The molecule has 150 valence electrons. The molecule has 2 aromatic carbocycles. The summed E-state index contributed by atoms with van der Waals surface area (Å²) in [5.41, 5.74) is 2.17. The highest BCUT2D eigenvalue weighted by Crippen LogP contribution is 2.31. The Kier molecular flexibility index (Phi) is 6.87. The molecule has 1 fully saturated rings. The van der Waals surface area contributed by atoms with Crippen LogP contribution in [-0.4, -0.2) is 42.1 Å². The summed E-state index contributed by atoms with van der Waals surface area (Å²) in [5, 5.41) is 14.5. The number of piperidine rings is 1. The van der Waals surface area contributed by atoms with Crippen molar-refractivity contribution in [2.45, 2.75) is 44.7 Å². The summed E-state index contributed by atoms with van der Waals surface area (Å²) in [4.78, 5) is 13.2. The van der Waals surface area contributed by atoms with Crippen LogP contribution in [0.5, 0.6) is 5.75 Å². The highest BCUT2D eigenvalue weighted by atomic mass is 16.6. The number of benzene rings is 2. The van der Waals surface area contributed by atoms with Crippen molar-refractivity contribution in [2.24, 2.45) is 0 Å². The molecule has 0 amide bonds. The molecule has 0 aliphatic carbocycles. The Morgan fingerprint density at radius 3 is 2.57 bits per heavy atom. The number of hydrogen-bond donors (Lipinski definition) is 1. The second kappa shape index (κ2) is 9.55. The zero-order valence-electron chi connectivity index (χ0n) is 16.6. The SMILES string of the molecule is COc1ccc([N+](=O)[O-])cc1NC1CCN(C(C)CCc2ccccc2)CC1. The maximum absolute atomic E-state index is 11.1. The Hall–Kier alpha value is -2.60. The third-order valence-corrected chi connectivity index (χ3v) is 5.60. The molecule has 6 heteroatoms. The van der Waals surface area contributed by atoms with Crippen molar-refractivity contribution in [3.8, 4) is 5.75 Å². The van der Waals surface area contributed by atoms with E-state index in [2.05, 4.69) is 47.5 Å². The molecule has 0 aromatic heterocycles. The Bertz CT molecular complexity index is 774. The lowest BCUT2D eigenvalue weighted by atomic mass is 10.00. The van der Waals surface area contributed by atoms with E-state index in [1.807, 2.05) is 0 Å². The van der Waals surface area contributed by atoms with E-state index in [0.29, 0.717) is 23.5 Å². The molecule has 1 aliphatic heterocycles. The lowest BCUT2D eigenvalue weighted by molar-refractivity contribution is -0.384. The van der Waals surface area contributed by atoms with Crippen LogP contribution in [0.3, 0.4) is 0 Å². The number of hydrogen-bond acceptors (Lipinski definition) is 5. The molecule has 0 bridgehead atoms. The largest absolute Gasteiger partial charge is 0.495 e. The number of nitro benzene ring substituents is 1. The van der Waals surface area contributed by atoms with Gasteiger partial charge in [-0.25, -0.2) is 0 Å². The van der Waals surface area contributed by atoms with Crippen LogP contribution in [0, 0.1) is 10.1 Å². The van der Waals surface area contributed by atoms with Gasteiger partial charge in [0.15, 0.2) is 0 Å². The first-order valence-corrected chi connectivity index (χ1v) is 9.93. The highest BCUT2D eigenvalue weighted by molar-refractivity contribution is 5.62. The number of likely N-dealkylation sites (tertiary alicyclic amines) is 1. The van der Waals surface area contributed by atoms with Crippen molar-refractivity contribution < 1.29 is 9.66 Å². The molecule has 2 aromatic rings. The van der Waals surface area contributed by atoms with E-state index < -0.39 is 0 Å². The first-order valence-electron chi connectivity index (χ1n) is 9.93. The number of nitro groups is 1. The van der Waals surface area contributed by atoms with Crippen LogP contribution >= 0.6 is 0 Å². The van der Waals surface area contributed by atoms with Crippen LogP contribution in [0.4, 0.5) is 11.4 Å². The van der Waals surface area contributed by atoms with Gasteiger partial charge in [-0.05, 0) is 44.2 Å². The summed E-state index contributed by atoms with van der Waals surface area (Å²) >= 11 is 0. The Balaban J connectivity index is 1.51. The third kappa shape index (κ3) is 5.23. The van der Waals surface area contributed by atoms with Gasteiger partial charge < -0.3 is 15.0 Å². The molecule has 6 nitrogen and oxygen atoms in total. The molecule has 1 unspecified atom stereocenters. The average molecular weight is 383 g/mol. The zero-order valence-corrected chi connectivity index (χ0v) is 16.6. The number of rotatable bonds is 8. The number of non-ortho nitro benzene ring substituents is 1. The van der Waals surface area contributed by atoms with Gasteiger partial charge in [0.05, 0.1) is 17.7 Å². The number of ether oxygens (including phenoxy) is 1. The van der Waals surface area contributed by atoms with E-state index in [9.17, 15) is 10.1 Å². The summed E-state index contributed by atoms with van der Waals surface area (Å²) in [6.07, 6.45) is 4.29. The van der Waals surface area contributed by atoms with Gasteiger partial charge in [-0.2, -0.15) is 0 Å². The maximum atomic E-state index is 11.1. The minimum atomic E-state index is -0.373. The van der Waals surface area contributed by atoms with E-state index in [0.717, 1.165) is 38.8 Å². The van der Waals surface area contributed by atoms with Crippen LogP contribution < -0.4 is 10.1 Å². The maximum Gasteiger partial charge on any atom is 0.271 e. The molecule has 28 heavy (non-hydrogen) atoms. The van der Waals surface area contributed by atoms with Crippen molar-refractivity contribution in [1.29, 1.82) is 0 Å². The van der Waals surface area contributed by atoms with Crippen LogP contribution in [0.25, 0.3) is 0 Å². The van der Waals surface area contributed by atoms with Gasteiger partial charge in [-0.3, -0.25) is 10.1 Å². The van der Waals surface area contributed by atoms with Gasteiger partial charge in [0, 0.05) is 37.3 Å². The van der Waals surface area contributed by atoms with Crippen LogP contribution in [0.15, 0.2) is 48.5 Å². The Labute approximate surface area is 166 Å². The summed E-state index contributed by atoms with van der Waals surface area (Å²) in [5.74, 6) is 0.643. The van der Waals surface area contributed by atoms with Crippen LogP contribution in [0.1, 0.15) is 31.7 Å². The molecule has 1 heterocycles. The highest BCUT2D eigenvalue weighted by Gasteiger charge is 2.23. The van der Waals surface area contributed by atoms with Crippen molar-refractivity contribution >= 4 is 11.4 Å². The topological polar surface area (TPSA) is 67.6 Å². The van der Waals surface area contributed by atoms with E-state index in [1.54, 1.807) is 19.2 Å². The molecule has 1 saturated heterocycles. The first kappa shape index (κ1) is 20.1. The van der Waals surface area contributed by atoms with Gasteiger partial charge in [0.1, 0.15) is 5.75 Å². The molecule has 1 atom stereocenters. The zero-order chi connectivity index (χ0) is 19.9. The van der Waals surface area contributed by atoms with E-state index in [1.165, 1.54) is 11.6 Å². The van der Waals surface area contributed by atoms with Crippen molar-refractivity contribution in [3.05, 3.63) is 64.2 Å². The average Bonchev–Trinajstić information content (AvgIpc) is 2.73. The van der Waals surface area contributed by atoms with Crippen molar-refractivity contribution in [1.82, 2.24) is 4.90 Å². The summed E-state index contributed by atoms with van der Waals surface area (Å²) in [6.45, 7) is 4.37.